The summed E-state index contributed by atoms with van der Waals surface area (Å²) in [4.78, 5) is 0. The van der Waals surface area contributed by atoms with Crippen molar-refractivity contribution in [2.75, 3.05) is 33.0 Å². The number of rotatable bonds is 4. The quantitative estimate of drug-likeness (QED) is 0.624. The molecule has 3 nitrogen and oxygen atoms in total. The van der Waals surface area contributed by atoms with Gasteiger partial charge in [0.1, 0.15) is 0 Å². The van der Waals surface area contributed by atoms with E-state index in [2.05, 4.69) is 13.5 Å². The van der Waals surface area contributed by atoms with E-state index >= 15 is 0 Å². The Morgan fingerprint density at radius 2 is 2.00 bits per heavy atom. The van der Waals surface area contributed by atoms with Gasteiger partial charge in [-0.15, -0.1) is 0 Å². The van der Waals surface area contributed by atoms with E-state index in [0.717, 1.165) is 19.6 Å². The average Bonchev–Trinajstić information content (AvgIpc) is 2.41. The van der Waals surface area contributed by atoms with Crippen LogP contribution in [0.1, 0.15) is 13.3 Å². The van der Waals surface area contributed by atoms with Gasteiger partial charge in [0.15, 0.2) is 0 Å². The van der Waals surface area contributed by atoms with Gasteiger partial charge in [-0.2, -0.15) is 0 Å². The van der Waals surface area contributed by atoms with Crippen LogP contribution in [0, 0.1) is 5.41 Å². The van der Waals surface area contributed by atoms with Crippen molar-refractivity contribution in [3.8, 4) is 0 Å². The highest BCUT2D eigenvalue weighted by Gasteiger charge is 2.31. The molecule has 0 N–H and O–H groups in total. The first kappa shape index (κ1) is 10.5. The zero-order valence-electron chi connectivity index (χ0n) is 8.25. The fourth-order valence-corrected chi connectivity index (χ4v) is 1.36. The molecule has 0 aromatic carbocycles. The minimum absolute atomic E-state index is 0.0185. The van der Waals surface area contributed by atoms with Gasteiger partial charge in [0.25, 0.3) is 0 Å². The minimum atomic E-state index is 0.0185. The largest absolute Gasteiger partial charge is 0.501 e. The SMILES string of the molecule is C=COCC1(CC)COCCOC1. The summed E-state index contributed by atoms with van der Waals surface area (Å²) >= 11 is 0. The Morgan fingerprint density at radius 3 is 2.46 bits per heavy atom. The minimum Gasteiger partial charge on any atom is -0.501 e. The van der Waals surface area contributed by atoms with Gasteiger partial charge in [-0.25, -0.2) is 0 Å². The Hall–Kier alpha value is -0.540. The molecule has 3 heteroatoms. The predicted molar refractivity (Wildman–Crippen MR) is 50.5 cm³/mol. The second-order valence-electron chi connectivity index (χ2n) is 3.44. The first-order chi connectivity index (χ1) is 6.33. The summed E-state index contributed by atoms with van der Waals surface area (Å²) < 4.78 is 16.1. The predicted octanol–water partition coefficient (Wildman–Crippen LogP) is 1.59. The van der Waals surface area contributed by atoms with Crippen LogP contribution in [0.25, 0.3) is 0 Å². The van der Waals surface area contributed by atoms with E-state index < -0.39 is 0 Å². The van der Waals surface area contributed by atoms with Crippen molar-refractivity contribution in [3.63, 3.8) is 0 Å². The lowest BCUT2D eigenvalue weighted by Gasteiger charge is -2.28. The molecule has 1 aliphatic heterocycles. The van der Waals surface area contributed by atoms with Gasteiger partial charge < -0.3 is 14.2 Å². The molecule has 1 rings (SSSR count). The Balaban J connectivity index is 2.48. The highest BCUT2D eigenvalue weighted by Crippen LogP contribution is 2.25. The van der Waals surface area contributed by atoms with E-state index in [4.69, 9.17) is 14.2 Å². The third-order valence-corrected chi connectivity index (χ3v) is 2.45. The molecule has 76 valence electrons. The van der Waals surface area contributed by atoms with E-state index in [1.165, 1.54) is 6.26 Å². The van der Waals surface area contributed by atoms with Crippen molar-refractivity contribution in [2.24, 2.45) is 5.41 Å². The maximum Gasteiger partial charge on any atom is 0.0973 e. The van der Waals surface area contributed by atoms with Crippen molar-refractivity contribution in [1.82, 2.24) is 0 Å². The summed E-state index contributed by atoms with van der Waals surface area (Å²) in [7, 11) is 0. The third kappa shape index (κ3) is 3.01. The monoisotopic (exact) mass is 186 g/mol. The highest BCUT2D eigenvalue weighted by molar-refractivity contribution is 4.79. The molecule has 0 unspecified atom stereocenters. The molecule has 0 spiro atoms. The molecule has 0 aromatic heterocycles. The molecule has 0 saturated carbocycles. The van der Waals surface area contributed by atoms with E-state index in [-0.39, 0.29) is 5.41 Å². The second kappa shape index (κ2) is 5.25. The van der Waals surface area contributed by atoms with Crippen LogP contribution >= 0.6 is 0 Å². The molecule has 13 heavy (non-hydrogen) atoms. The van der Waals surface area contributed by atoms with Crippen molar-refractivity contribution < 1.29 is 14.2 Å². The van der Waals surface area contributed by atoms with Gasteiger partial charge in [-0.1, -0.05) is 13.5 Å². The molecular weight excluding hydrogens is 168 g/mol. The topological polar surface area (TPSA) is 27.7 Å². The van der Waals surface area contributed by atoms with Gasteiger partial charge in [-0.05, 0) is 6.42 Å². The molecule has 0 bridgehead atoms. The number of ether oxygens (including phenoxy) is 3. The zero-order valence-corrected chi connectivity index (χ0v) is 8.25. The Kier molecular flexibility index (Phi) is 4.25. The maximum atomic E-state index is 5.46. The molecule has 1 fully saturated rings. The summed E-state index contributed by atoms with van der Waals surface area (Å²) in [5.41, 5.74) is 0.0185. The smallest absolute Gasteiger partial charge is 0.0973 e. The molecule has 0 aliphatic carbocycles. The Morgan fingerprint density at radius 1 is 1.38 bits per heavy atom. The van der Waals surface area contributed by atoms with Gasteiger partial charge in [0.2, 0.25) is 0 Å². The molecule has 0 radical (unpaired) electrons. The van der Waals surface area contributed by atoms with E-state index in [0.29, 0.717) is 19.8 Å². The van der Waals surface area contributed by atoms with Gasteiger partial charge in [0.05, 0.1) is 44.7 Å². The Labute approximate surface area is 79.7 Å². The normalized spacial score (nSPS) is 21.9. The number of hydrogen-bond donors (Lipinski definition) is 0. The summed E-state index contributed by atoms with van der Waals surface area (Å²) in [6.45, 7) is 9.11. The second-order valence-corrected chi connectivity index (χ2v) is 3.44. The van der Waals surface area contributed by atoms with Gasteiger partial charge in [-0.3, -0.25) is 0 Å². The lowest BCUT2D eigenvalue weighted by atomic mass is 9.88. The fourth-order valence-electron chi connectivity index (χ4n) is 1.36. The summed E-state index contributed by atoms with van der Waals surface area (Å²) in [6.07, 6.45) is 2.48. The lowest BCUT2D eigenvalue weighted by Crippen LogP contribution is -2.34. The first-order valence-electron chi connectivity index (χ1n) is 4.71. The number of hydrogen-bond acceptors (Lipinski definition) is 3. The summed E-state index contributed by atoms with van der Waals surface area (Å²) in [5.74, 6) is 0. The van der Waals surface area contributed by atoms with Gasteiger partial charge in [0, 0.05) is 0 Å². The van der Waals surface area contributed by atoms with Crippen LogP contribution in [0.5, 0.6) is 0 Å². The van der Waals surface area contributed by atoms with Crippen LogP contribution in [0.15, 0.2) is 12.8 Å². The van der Waals surface area contributed by atoms with E-state index in [9.17, 15) is 0 Å². The zero-order chi connectivity index (χ0) is 9.57. The van der Waals surface area contributed by atoms with Crippen molar-refractivity contribution in [2.45, 2.75) is 13.3 Å². The lowest BCUT2D eigenvalue weighted by molar-refractivity contribution is -0.00366. The fraction of sp³-hybridized carbons (Fsp3) is 0.800. The molecule has 0 amide bonds. The standard InChI is InChI=1S/C10H18O3/c1-3-10(7-11-4-2)8-12-5-6-13-9-10/h4H,2-3,5-9H2,1H3. The van der Waals surface area contributed by atoms with E-state index in [1.54, 1.807) is 0 Å². The average molecular weight is 186 g/mol. The molecule has 0 atom stereocenters. The van der Waals surface area contributed by atoms with Crippen LogP contribution in [0.3, 0.4) is 0 Å². The Bertz CT molecular complexity index is 148. The van der Waals surface area contributed by atoms with Gasteiger partial charge >= 0.3 is 0 Å². The molecule has 0 aromatic rings. The molecule has 1 heterocycles. The van der Waals surface area contributed by atoms with Crippen LogP contribution in [-0.2, 0) is 14.2 Å². The maximum absolute atomic E-state index is 5.46. The first-order valence-corrected chi connectivity index (χ1v) is 4.71. The highest BCUT2D eigenvalue weighted by atomic mass is 16.5. The summed E-state index contributed by atoms with van der Waals surface area (Å²) in [6, 6.07) is 0. The summed E-state index contributed by atoms with van der Waals surface area (Å²) in [5, 5.41) is 0. The van der Waals surface area contributed by atoms with Crippen molar-refractivity contribution >= 4 is 0 Å². The van der Waals surface area contributed by atoms with Crippen LogP contribution in [0.4, 0.5) is 0 Å². The van der Waals surface area contributed by atoms with Crippen LogP contribution < -0.4 is 0 Å². The van der Waals surface area contributed by atoms with E-state index in [1.807, 2.05) is 0 Å². The molecule has 1 aliphatic rings. The molecule has 1 saturated heterocycles. The van der Waals surface area contributed by atoms with Crippen LogP contribution in [0.2, 0.25) is 0 Å². The van der Waals surface area contributed by atoms with Crippen molar-refractivity contribution in [3.05, 3.63) is 12.8 Å². The third-order valence-electron chi connectivity index (χ3n) is 2.45. The van der Waals surface area contributed by atoms with Crippen LogP contribution in [-0.4, -0.2) is 33.0 Å². The van der Waals surface area contributed by atoms with Crippen molar-refractivity contribution in [1.29, 1.82) is 0 Å². The molecular formula is C10H18O3.